The van der Waals surface area contributed by atoms with Crippen LogP contribution < -0.4 is 29.5 Å². The second-order valence-electron chi connectivity index (χ2n) is 15.9. The van der Waals surface area contributed by atoms with E-state index in [1.807, 2.05) is 30.3 Å². The summed E-state index contributed by atoms with van der Waals surface area (Å²) in [4.78, 5) is 33.5. The average molecular weight is 847 g/mol. The van der Waals surface area contributed by atoms with Crippen molar-refractivity contribution in [3.05, 3.63) is 103 Å². The van der Waals surface area contributed by atoms with Crippen LogP contribution in [0.25, 0.3) is 21.8 Å². The third kappa shape index (κ3) is 11.5. The summed E-state index contributed by atoms with van der Waals surface area (Å²) in [7, 11) is 0. The number of ether oxygens (including phenoxy) is 2. The highest BCUT2D eigenvalue weighted by molar-refractivity contribution is 6.30. The van der Waals surface area contributed by atoms with Crippen molar-refractivity contribution in [1.29, 1.82) is 0 Å². The first-order valence-corrected chi connectivity index (χ1v) is 22.0. The Morgan fingerprint density at radius 3 is 1.49 bits per heavy atom. The van der Waals surface area contributed by atoms with Crippen molar-refractivity contribution in [1.82, 2.24) is 35.2 Å². The predicted octanol–water partition coefficient (Wildman–Crippen LogP) is 6.49. The summed E-state index contributed by atoms with van der Waals surface area (Å²) in [6.45, 7) is 7.14. The number of aliphatic hydroxyl groups excluding tert-OH is 2. The van der Waals surface area contributed by atoms with Crippen LogP contribution in [0.4, 0.5) is 17.5 Å². The number of hydrogen-bond donors (Lipinski definition) is 3. The molecule has 0 atom stereocenters. The zero-order valence-corrected chi connectivity index (χ0v) is 35.2. The van der Waals surface area contributed by atoms with Gasteiger partial charge in [0.15, 0.2) is 11.0 Å². The van der Waals surface area contributed by atoms with E-state index in [4.69, 9.17) is 36.1 Å². The van der Waals surface area contributed by atoms with Crippen molar-refractivity contribution < 1.29 is 19.7 Å². The average Bonchev–Trinajstić information content (AvgIpc) is 3.31. The summed E-state index contributed by atoms with van der Waals surface area (Å²) in [5, 5.41) is 24.4. The highest BCUT2D eigenvalue weighted by atomic mass is 35.5. The van der Waals surface area contributed by atoms with Crippen molar-refractivity contribution in [2.75, 3.05) is 67.1 Å². The molecule has 10 rings (SSSR count). The van der Waals surface area contributed by atoms with Crippen LogP contribution in [0.2, 0.25) is 5.15 Å². The Morgan fingerprint density at radius 1 is 0.508 bits per heavy atom. The largest absolute Gasteiger partial charge is 0.472 e. The molecule has 0 spiro atoms. The minimum atomic E-state index is -0.213. The Morgan fingerprint density at radius 2 is 0.967 bits per heavy atom. The van der Waals surface area contributed by atoms with Gasteiger partial charge in [0, 0.05) is 101 Å². The zero-order chi connectivity index (χ0) is 41.8. The molecule has 4 aromatic heterocycles. The van der Waals surface area contributed by atoms with Gasteiger partial charge in [0.2, 0.25) is 0 Å². The fourth-order valence-corrected chi connectivity index (χ4v) is 8.22. The van der Waals surface area contributed by atoms with Gasteiger partial charge in [-0.3, -0.25) is 0 Å². The molecule has 3 N–H and O–H groups in total. The lowest BCUT2D eigenvalue weighted by Gasteiger charge is -2.34. The fourth-order valence-electron chi connectivity index (χ4n) is 8.07. The van der Waals surface area contributed by atoms with Crippen molar-refractivity contribution in [2.45, 2.75) is 75.8 Å². The quantitative estimate of drug-likeness (QED) is 0.160. The highest BCUT2D eigenvalue weighted by Gasteiger charge is 2.27. The Kier molecular flexibility index (Phi) is 14.5. The van der Waals surface area contributed by atoms with Gasteiger partial charge in [-0.15, -0.1) is 0 Å². The van der Waals surface area contributed by atoms with Gasteiger partial charge in [0.25, 0.3) is 11.8 Å². The number of hydrogen-bond acceptors (Lipinski definition) is 14. The molecular weight excluding hydrogens is 792 g/mol. The van der Waals surface area contributed by atoms with Crippen molar-refractivity contribution in [2.24, 2.45) is 0 Å². The summed E-state index contributed by atoms with van der Waals surface area (Å²) in [6.07, 6.45) is 13.6. The van der Waals surface area contributed by atoms with Crippen LogP contribution in [0, 0.1) is 0 Å². The number of halogens is 1. The molecular formula is C46H55ClN10O4. The molecule has 0 unspecified atom stereocenters. The monoisotopic (exact) mass is 846 g/mol. The highest BCUT2D eigenvalue weighted by Crippen LogP contribution is 2.30. The number of piperidine rings is 4. The van der Waals surface area contributed by atoms with E-state index in [1.165, 1.54) is 5.39 Å². The standard InChI is InChI=1S/C23H27N5O2.C18H17ClN4O.C5H11NO/c29-18-7-13-28(14-8-18)22-23(25-12-11-24-22)30-19-9-15-27(16-10-19)21-6-5-17-3-1-2-4-20(17)26-21;19-17-18(21-10-9-20-17)24-14-7-11-23(12-8-14)16-6-5-13-3-1-2-4-15(13)22-16;7-5-1-3-6-4-2-5/h1-6,11-12,18-19,29H,7-10,13-16H2;1-6,9-10,14H,7-8,11-12H2;5-7H,1-4H2. The summed E-state index contributed by atoms with van der Waals surface area (Å²) >= 11 is 6.00. The topological polar surface area (TPSA) is 158 Å². The van der Waals surface area contributed by atoms with Crippen LogP contribution in [-0.4, -0.2) is 117 Å². The lowest BCUT2D eigenvalue weighted by atomic mass is 10.1. The maximum absolute atomic E-state index is 9.78. The minimum absolute atomic E-state index is 0.0266. The molecule has 0 saturated carbocycles. The van der Waals surface area contributed by atoms with Gasteiger partial charge < -0.3 is 39.7 Å². The maximum atomic E-state index is 9.78. The van der Waals surface area contributed by atoms with Crippen molar-refractivity contribution in [3.63, 3.8) is 0 Å². The van der Waals surface area contributed by atoms with Crippen molar-refractivity contribution in [3.8, 4) is 11.8 Å². The SMILES string of the molecule is Clc1nccnc1OC1CCN(c2ccc3ccccc3n2)CC1.OC1CCN(c2nccnc2OC2CCN(c3ccc4ccccc4n3)CC2)CC1.OC1CCNCC1. The number of rotatable bonds is 7. The zero-order valence-electron chi connectivity index (χ0n) is 34.5. The van der Waals surface area contributed by atoms with E-state index in [0.717, 1.165) is 138 Å². The van der Waals surface area contributed by atoms with Gasteiger partial charge in [0.05, 0.1) is 23.2 Å². The van der Waals surface area contributed by atoms with Gasteiger partial charge in [-0.25, -0.2) is 29.9 Å². The van der Waals surface area contributed by atoms with Crippen LogP contribution in [0.5, 0.6) is 11.8 Å². The van der Waals surface area contributed by atoms with Crippen LogP contribution >= 0.6 is 11.6 Å². The first-order valence-electron chi connectivity index (χ1n) is 21.6. The molecule has 4 saturated heterocycles. The van der Waals surface area contributed by atoms with E-state index < -0.39 is 0 Å². The lowest BCUT2D eigenvalue weighted by Crippen LogP contribution is -2.40. The number of aliphatic hydroxyl groups is 2. The Labute approximate surface area is 362 Å². The van der Waals surface area contributed by atoms with E-state index in [-0.39, 0.29) is 24.4 Å². The third-order valence-electron chi connectivity index (χ3n) is 11.6. The number of para-hydroxylation sites is 2. The molecule has 320 valence electrons. The Bertz CT molecular complexity index is 2290. The Balaban J connectivity index is 0.000000148. The number of benzene rings is 2. The van der Waals surface area contributed by atoms with Gasteiger partial charge in [0.1, 0.15) is 23.8 Å². The van der Waals surface area contributed by atoms with Crippen LogP contribution in [0.15, 0.2) is 97.6 Å². The molecule has 61 heavy (non-hydrogen) atoms. The second kappa shape index (κ2) is 20.9. The molecule has 8 heterocycles. The number of pyridine rings is 2. The molecule has 4 aliphatic rings. The van der Waals surface area contributed by atoms with Gasteiger partial charge in [-0.1, -0.05) is 48.0 Å². The third-order valence-corrected chi connectivity index (χ3v) is 11.9. The normalized spacial score (nSPS) is 18.2. The molecule has 6 aromatic rings. The van der Waals surface area contributed by atoms with E-state index in [9.17, 15) is 5.11 Å². The second-order valence-corrected chi connectivity index (χ2v) is 16.2. The molecule has 2 aromatic carbocycles. The number of nitrogens with one attached hydrogen (secondary N) is 1. The van der Waals surface area contributed by atoms with Gasteiger partial charge in [-0.05, 0) is 75.2 Å². The molecule has 0 aliphatic carbocycles. The summed E-state index contributed by atoms with van der Waals surface area (Å²) in [6, 6.07) is 24.9. The molecule has 0 radical (unpaired) electrons. The number of anilines is 3. The van der Waals surface area contributed by atoms with E-state index in [1.54, 1.807) is 24.8 Å². The first-order chi connectivity index (χ1) is 29.9. The molecule has 0 amide bonds. The van der Waals surface area contributed by atoms with E-state index >= 15 is 0 Å². The van der Waals surface area contributed by atoms with Crippen LogP contribution in [-0.2, 0) is 0 Å². The van der Waals surface area contributed by atoms with Gasteiger partial charge in [-0.2, -0.15) is 0 Å². The molecule has 4 fully saturated rings. The van der Waals surface area contributed by atoms with Crippen LogP contribution in [0.3, 0.4) is 0 Å². The van der Waals surface area contributed by atoms with Gasteiger partial charge >= 0.3 is 0 Å². The smallest absolute Gasteiger partial charge is 0.257 e. The van der Waals surface area contributed by atoms with E-state index in [2.05, 4.69) is 82.4 Å². The lowest BCUT2D eigenvalue weighted by molar-refractivity contribution is 0.137. The number of fused-ring (bicyclic) bond motifs is 2. The predicted molar refractivity (Wildman–Crippen MR) is 240 cm³/mol. The molecule has 14 nitrogen and oxygen atoms in total. The number of nitrogens with zero attached hydrogens (tertiary/aromatic N) is 9. The summed E-state index contributed by atoms with van der Waals surface area (Å²) in [5.74, 6) is 3.87. The van der Waals surface area contributed by atoms with Crippen LogP contribution in [0.1, 0.15) is 51.4 Å². The fraction of sp³-hybridized carbons (Fsp3) is 0.435. The minimum Gasteiger partial charge on any atom is -0.472 e. The molecule has 4 aliphatic heterocycles. The maximum Gasteiger partial charge on any atom is 0.257 e. The number of aromatic nitrogens is 6. The summed E-state index contributed by atoms with van der Waals surface area (Å²) in [5.41, 5.74) is 2.06. The van der Waals surface area contributed by atoms with Crippen molar-refractivity contribution >= 4 is 50.9 Å². The first kappa shape index (κ1) is 42.3. The molecule has 0 bridgehead atoms. The Hall–Kier alpha value is -5.41. The molecule has 15 heteroatoms. The summed E-state index contributed by atoms with van der Waals surface area (Å²) < 4.78 is 12.2. The van der Waals surface area contributed by atoms with E-state index in [0.29, 0.717) is 16.9 Å².